The molecular formula is C23H28ClF2NO4S. The van der Waals surface area contributed by atoms with Crippen LogP contribution in [0.3, 0.4) is 0 Å². The van der Waals surface area contributed by atoms with Gasteiger partial charge < -0.3 is 4.74 Å². The van der Waals surface area contributed by atoms with Crippen molar-refractivity contribution >= 4 is 27.6 Å². The summed E-state index contributed by atoms with van der Waals surface area (Å²) in [4.78, 5) is 12.3. The molecule has 32 heavy (non-hydrogen) atoms. The molecular weight excluding hydrogens is 460 g/mol. The molecule has 9 heteroatoms. The molecule has 0 amide bonds. The molecule has 2 aromatic rings. The minimum absolute atomic E-state index is 0.0445. The molecule has 0 radical (unpaired) electrons. The average molecular weight is 488 g/mol. The third kappa shape index (κ3) is 5.66. The molecule has 0 saturated carbocycles. The Hall–Kier alpha value is -2.03. The van der Waals surface area contributed by atoms with Gasteiger partial charge in [-0.3, -0.25) is 4.79 Å². The van der Waals surface area contributed by atoms with Crippen molar-refractivity contribution in [1.29, 1.82) is 0 Å². The summed E-state index contributed by atoms with van der Waals surface area (Å²) in [5, 5.41) is 0.0657. The zero-order chi connectivity index (χ0) is 24.6. The van der Waals surface area contributed by atoms with Crippen LogP contribution < -0.4 is 4.72 Å². The Morgan fingerprint density at radius 3 is 2.22 bits per heavy atom. The molecule has 0 heterocycles. The number of carbonyl (C=O) groups excluding carboxylic acids is 1. The van der Waals surface area contributed by atoms with Gasteiger partial charge in [-0.2, -0.15) is 4.72 Å². The van der Waals surface area contributed by atoms with Gasteiger partial charge in [0, 0.05) is 16.5 Å². The van der Waals surface area contributed by atoms with Crippen LogP contribution in [0.4, 0.5) is 8.78 Å². The summed E-state index contributed by atoms with van der Waals surface area (Å²) in [6, 6.07) is 3.62. The first-order valence-electron chi connectivity index (χ1n) is 10.0. The van der Waals surface area contributed by atoms with E-state index in [1.54, 1.807) is 40.7 Å². The van der Waals surface area contributed by atoms with Crippen molar-refractivity contribution in [3.8, 4) is 0 Å². The van der Waals surface area contributed by atoms with Crippen LogP contribution in [0.5, 0.6) is 0 Å². The van der Waals surface area contributed by atoms with Gasteiger partial charge in [-0.15, -0.1) is 0 Å². The number of esters is 1. The van der Waals surface area contributed by atoms with Gasteiger partial charge in [0.2, 0.25) is 10.0 Å². The highest BCUT2D eigenvalue weighted by atomic mass is 35.5. The zero-order valence-corrected chi connectivity index (χ0v) is 20.7. The second-order valence-electron chi connectivity index (χ2n) is 8.81. The number of aryl methyl sites for hydroxylation is 1. The highest BCUT2D eigenvalue weighted by molar-refractivity contribution is 7.89. The Morgan fingerprint density at radius 1 is 1.06 bits per heavy atom. The molecule has 1 N–H and O–H groups in total. The van der Waals surface area contributed by atoms with E-state index in [1.807, 2.05) is 0 Å². The Labute approximate surface area is 193 Å². The number of hydrogen-bond acceptors (Lipinski definition) is 4. The van der Waals surface area contributed by atoms with Crippen molar-refractivity contribution in [3.05, 3.63) is 63.2 Å². The Kier molecular flexibility index (Phi) is 7.75. The number of rotatable bonds is 6. The largest absolute Gasteiger partial charge is 0.459 e. The molecule has 0 bridgehead atoms. The highest BCUT2D eigenvalue weighted by Crippen LogP contribution is 2.31. The van der Waals surface area contributed by atoms with Gasteiger partial charge in [-0.05, 0) is 76.4 Å². The van der Waals surface area contributed by atoms with Crippen molar-refractivity contribution < 1.29 is 26.7 Å². The van der Waals surface area contributed by atoms with E-state index in [2.05, 4.69) is 4.72 Å². The van der Waals surface area contributed by atoms with Crippen molar-refractivity contribution in [2.75, 3.05) is 0 Å². The summed E-state index contributed by atoms with van der Waals surface area (Å²) < 4.78 is 63.3. The molecule has 176 valence electrons. The number of sulfonamides is 1. The van der Waals surface area contributed by atoms with Gasteiger partial charge in [0.15, 0.2) is 0 Å². The summed E-state index contributed by atoms with van der Waals surface area (Å²) in [6.45, 7) is 11.2. The number of benzene rings is 2. The molecule has 0 spiro atoms. The van der Waals surface area contributed by atoms with Crippen LogP contribution in [-0.2, 0) is 19.6 Å². The van der Waals surface area contributed by atoms with Crippen molar-refractivity contribution in [1.82, 2.24) is 4.72 Å². The normalized spacial score (nSPS) is 14.2. The number of halogens is 3. The standard InChI is InChI=1S/C23H28ClF2NO4S/c1-12-8-10-17(25)19(13(12)2)15(4)21(22(28)31-23(5,6)7)27-32(29,30)18-11-9-16(24)14(3)20(18)26/h8-11,15,21,27H,1-7H3/t15?,21-/m0/s1. The number of ether oxygens (including phenoxy) is 1. The SMILES string of the molecule is Cc1ccc(F)c(C(C)[C@H](NS(=O)(=O)c2ccc(Cl)c(C)c2F)C(=O)OC(C)(C)C)c1C. The molecule has 0 aromatic heterocycles. The van der Waals surface area contributed by atoms with E-state index in [0.29, 0.717) is 5.56 Å². The minimum Gasteiger partial charge on any atom is -0.459 e. The summed E-state index contributed by atoms with van der Waals surface area (Å²) in [5.74, 6) is -3.46. The first-order chi connectivity index (χ1) is 14.6. The zero-order valence-electron chi connectivity index (χ0n) is 19.1. The van der Waals surface area contributed by atoms with Crippen LogP contribution in [0.25, 0.3) is 0 Å². The lowest BCUT2D eigenvalue weighted by Gasteiger charge is -2.29. The molecule has 0 aliphatic carbocycles. The third-order valence-electron chi connectivity index (χ3n) is 5.21. The van der Waals surface area contributed by atoms with Crippen LogP contribution in [0.1, 0.15) is 55.9 Å². The van der Waals surface area contributed by atoms with Crippen LogP contribution in [0, 0.1) is 32.4 Å². The minimum atomic E-state index is -4.53. The third-order valence-corrected chi connectivity index (χ3v) is 7.07. The van der Waals surface area contributed by atoms with Crippen molar-refractivity contribution in [2.24, 2.45) is 0 Å². The lowest BCUT2D eigenvalue weighted by atomic mass is 9.88. The lowest BCUT2D eigenvalue weighted by Crippen LogP contribution is -2.47. The second kappa shape index (κ2) is 9.45. The molecule has 1 unspecified atom stereocenters. The van der Waals surface area contributed by atoms with Crippen molar-refractivity contribution in [2.45, 2.75) is 70.9 Å². The summed E-state index contributed by atoms with van der Waals surface area (Å²) in [6.07, 6.45) is 0. The van der Waals surface area contributed by atoms with Gasteiger partial charge in [-0.25, -0.2) is 17.2 Å². The molecule has 0 aliphatic heterocycles. The van der Waals surface area contributed by atoms with E-state index in [9.17, 15) is 22.0 Å². The Balaban J connectivity index is 2.59. The topological polar surface area (TPSA) is 72.5 Å². The molecule has 0 fully saturated rings. The Bertz CT molecular complexity index is 1140. The number of carbonyl (C=O) groups is 1. The molecule has 2 atom stereocenters. The maximum absolute atomic E-state index is 14.8. The van der Waals surface area contributed by atoms with E-state index in [-0.39, 0.29) is 16.1 Å². The van der Waals surface area contributed by atoms with E-state index < -0.39 is 50.1 Å². The second-order valence-corrected chi connectivity index (χ2v) is 10.9. The predicted molar refractivity (Wildman–Crippen MR) is 120 cm³/mol. The predicted octanol–water partition coefficient (Wildman–Crippen LogP) is 5.34. The average Bonchev–Trinajstić information content (AvgIpc) is 2.65. The first-order valence-corrected chi connectivity index (χ1v) is 11.9. The smallest absolute Gasteiger partial charge is 0.325 e. The maximum Gasteiger partial charge on any atom is 0.325 e. The molecule has 0 saturated heterocycles. The summed E-state index contributed by atoms with van der Waals surface area (Å²) in [7, 11) is -4.53. The van der Waals surface area contributed by atoms with E-state index >= 15 is 0 Å². The van der Waals surface area contributed by atoms with E-state index in [1.165, 1.54) is 26.0 Å². The Morgan fingerprint density at radius 2 is 1.66 bits per heavy atom. The molecule has 5 nitrogen and oxygen atoms in total. The van der Waals surface area contributed by atoms with E-state index in [0.717, 1.165) is 11.6 Å². The van der Waals surface area contributed by atoms with Crippen LogP contribution in [0.2, 0.25) is 5.02 Å². The van der Waals surface area contributed by atoms with Crippen LogP contribution in [-0.4, -0.2) is 26.0 Å². The van der Waals surface area contributed by atoms with E-state index in [4.69, 9.17) is 16.3 Å². The van der Waals surface area contributed by atoms with Gasteiger partial charge in [0.1, 0.15) is 28.2 Å². The fraction of sp³-hybridized carbons (Fsp3) is 0.435. The maximum atomic E-state index is 14.8. The quantitative estimate of drug-likeness (QED) is 0.558. The highest BCUT2D eigenvalue weighted by Gasteiger charge is 2.37. The van der Waals surface area contributed by atoms with Gasteiger partial charge in [0.05, 0.1) is 0 Å². The first kappa shape index (κ1) is 26.2. The van der Waals surface area contributed by atoms with Gasteiger partial charge in [0.25, 0.3) is 0 Å². The van der Waals surface area contributed by atoms with Crippen LogP contribution >= 0.6 is 11.6 Å². The monoisotopic (exact) mass is 487 g/mol. The summed E-state index contributed by atoms with van der Waals surface area (Å²) >= 11 is 5.87. The lowest BCUT2D eigenvalue weighted by molar-refractivity contribution is -0.157. The summed E-state index contributed by atoms with van der Waals surface area (Å²) in [5.41, 5.74) is 0.563. The van der Waals surface area contributed by atoms with Gasteiger partial charge in [-0.1, -0.05) is 24.6 Å². The van der Waals surface area contributed by atoms with Crippen molar-refractivity contribution in [3.63, 3.8) is 0 Å². The molecule has 2 aromatic carbocycles. The molecule has 0 aliphatic rings. The van der Waals surface area contributed by atoms with Gasteiger partial charge >= 0.3 is 5.97 Å². The van der Waals surface area contributed by atoms with Crippen LogP contribution in [0.15, 0.2) is 29.2 Å². The number of hydrogen-bond donors (Lipinski definition) is 1. The fourth-order valence-corrected chi connectivity index (χ4v) is 4.87. The number of nitrogens with one attached hydrogen (secondary N) is 1. The fourth-order valence-electron chi connectivity index (χ4n) is 3.32. The molecule has 2 rings (SSSR count).